The molecule has 104 valence electrons. The first kappa shape index (κ1) is 14.3. The van der Waals surface area contributed by atoms with Gasteiger partial charge in [0.05, 0.1) is 16.6 Å². The molecule has 2 rings (SSSR count). The highest BCUT2D eigenvalue weighted by Crippen LogP contribution is 2.26. The van der Waals surface area contributed by atoms with Gasteiger partial charge in [0, 0.05) is 13.1 Å². The minimum atomic E-state index is -0.967. The summed E-state index contributed by atoms with van der Waals surface area (Å²) in [5, 5.41) is 8.95. The van der Waals surface area contributed by atoms with E-state index in [2.05, 4.69) is 20.8 Å². The van der Waals surface area contributed by atoms with Gasteiger partial charge in [-0.3, -0.25) is 0 Å². The zero-order chi connectivity index (χ0) is 13.8. The fourth-order valence-electron chi connectivity index (χ4n) is 1.90. The van der Waals surface area contributed by atoms with Gasteiger partial charge in [0.25, 0.3) is 0 Å². The van der Waals surface area contributed by atoms with Crippen molar-refractivity contribution in [2.45, 2.75) is 6.10 Å². The average molecular weight is 330 g/mol. The second kappa shape index (κ2) is 6.36. The number of morpholine rings is 1. The number of nitrogens with zero attached hydrogens (tertiary/aromatic N) is 1. The van der Waals surface area contributed by atoms with Crippen LogP contribution >= 0.6 is 15.9 Å². The number of carbonyl (C=O) groups is 1. The zero-order valence-electron chi connectivity index (χ0n) is 10.6. The summed E-state index contributed by atoms with van der Waals surface area (Å²) in [5.74, 6) is -0.442. The number of hydrogen-bond acceptors (Lipinski definition) is 4. The van der Waals surface area contributed by atoms with Gasteiger partial charge in [-0.1, -0.05) is 0 Å². The van der Waals surface area contributed by atoms with Crippen LogP contribution in [0.5, 0.6) is 5.75 Å². The number of likely N-dealkylation sites (N-methyl/N-ethyl adjacent to an activating group) is 1. The van der Waals surface area contributed by atoms with Gasteiger partial charge in [-0.05, 0) is 41.2 Å². The Hall–Kier alpha value is -1.11. The molecular formula is C13H16BrNO4. The second-order valence-corrected chi connectivity index (χ2v) is 5.37. The molecule has 0 spiro atoms. The second-order valence-electron chi connectivity index (χ2n) is 4.52. The Labute approximate surface area is 120 Å². The summed E-state index contributed by atoms with van der Waals surface area (Å²) in [6, 6.07) is 4.72. The van der Waals surface area contributed by atoms with Gasteiger partial charge < -0.3 is 19.5 Å². The maximum atomic E-state index is 10.9. The monoisotopic (exact) mass is 329 g/mol. The lowest BCUT2D eigenvalue weighted by Crippen LogP contribution is -2.42. The number of aromatic carboxylic acids is 1. The number of ether oxygens (including phenoxy) is 2. The number of benzene rings is 1. The molecule has 1 aromatic rings. The van der Waals surface area contributed by atoms with E-state index in [0.717, 1.165) is 17.6 Å². The van der Waals surface area contributed by atoms with Crippen molar-refractivity contribution in [3.63, 3.8) is 0 Å². The van der Waals surface area contributed by atoms with E-state index >= 15 is 0 Å². The molecule has 0 bridgehead atoms. The Balaban J connectivity index is 1.98. The summed E-state index contributed by atoms with van der Waals surface area (Å²) in [7, 11) is 2.04. The molecule has 1 N–H and O–H groups in total. The fraction of sp³-hybridized carbons (Fsp3) is 0.462. The molecule has 19 heavy (non-hydrogen) atoms. The Morgan fingerprint density at radius 1 is 1.63 bits per heavy atom. The van der Waals surface area contributed by atoms with E-state index in [1.807, 2.05) is 7.05 Å². The van der Waals surface area contributed by atoms with Gasteiger partial charge >= 0.3 is 5.97 Å². The van der Waals surface area contributed by atoms with Crippen molar-refractivity contribution >= 4 is 21.9 Å². The van der Waals surface area contributed by atoms with Crippen LogP contribution in [0.1, 0.15) is 10.4 Å². The minimum Gasteiger partial charge on any atom is -0.490 e. The molecule has 0 amide bonds. The lowest BCUT2D eigenvalue weighted by atomic mass is 10.2. The average Bonchev–Trinajstić information content (AvgIpc) is 2.37. The predicted octanol–water partition coefficient (Wildman–Crippen LogP) is 1.86. The summed E-state index contributed by atoms with van der Waals surface area (Å²) in [6.07, 6.45) is 0.0131. The van der Waals surface area contributed by atoms with E-state index in [0.29, 0.717) is 19.0 Å². The van der Waals surface area contributed by atoms with Crippen LogP contribution in [-0.2, 0) is 4.74 Å². The lowest BCUT2D eigenvalue weighted by molar-refractivity contribution is -0.0404. The minimum absolute atomic E-state index is 0.0131. The summed E-state index contributed by atoms with van der Waals surface area (Å²) < 4.78 is 12.0. The number of rotatable bonds is 4. The van der Waals surface area contributed by atoms with Crippen LogP contribution in [0.3, 0.4) is 0 Å². The van der Waals surface area contributed by atoms with Crippen molar-refractivity contribution in [1.82, 2.24) is 4.90 Å². The third kappa shape index (κ3) is 3.92. The molecule has 1 unspecified atom stereocenters. The van der Waals surface area contributed by atoms with Crippen LogP contribution in [-0.4, -0.2) is 55.4 Å². The normalized spacial score (nSPS) is 20.2. The van der Waals surface area contributed by atoms with E-state index in [1.54, 1.807) is 6.07 Å². The van der Waals surface area contributed by atoms with Crippen LogP contribution in [0.2, 0.25) is 0 Å². The first-order valence-corrected chi connectivity index (χ1v) is 6.81. The van der Waals surface area contributed by atoms with Gasteiger partial charge in [0.1, 0.15) is 18.5 Å². The molecule has 0 radical (unpaired) electrons. The molecule has 1 aliphatic rings. The van der Waals surface area contributed by atoms with Gasteiger partial charge in [0.2, 0.25) is 0 Å². The van der Waals surface area contributed by atoms with Crippen LogP contribution < -0.4 is 4.74 Å². The standard InChI is InChI=1S/C13H16BrNO4/c1-15-4-5-18-10(7-15)8-19-12-6-9(13(16)17)2-3-11(12)14/h2-3,6,10H,4-5,7-8H2,1H3,(H,16,17). The predicted molar refractivity (Wildman–Crippen MR) is 73.8 cm³/mol. The third-order valence-corrected chi connectivity index (χ3v) is 3.60. The molecule has 0 saturated carbocycles. The number of halogens is 1. The van der Waals surface area contributed by atoms with Crippen molar-refractivity contribution in [2.75, 3.05) is 33.4 Å². The summed E-state index contributed by atoms with van der Waals surface area (Å²) in [4.78, 5) is 13.1. The van der Waals surface area contributed by atoms with Crippen molar-refractivity contribution in [3.05, 3.63) is 28.2 Å². The van der Waals surface area contributed by atoms with E-state index in [1.165, 1.54) is 12.1 Å². The molecule has 1 heterocycles. The lowest BCUT2D eigenvalue weighted by Gasteiger charge is -2.29. The Kier molecular flexibility index (Phi) is 4.79. The highest BCUT2D eigenvalue weighted by molar-refractivity contribution is 9.10. The van der Waals surface area contributed by atoms with Gasteiger partial charge in [-0.2, -0.15) is 0 Å². The molecule has 1 saturated heterocycles. The van der Waals surface area contributed by atoms with Crippen molar-refractivity contribution in [2.24, 2.45) is 0 Å². The molecule has 1 atom stereocenters. The molecule has 6 heteroatoms. The summed E-state index contributed by atoms with van der Waals surface area (Å²) >= 11 is 3.35. The third-order valence-electron chi connectivity index (χ3n) is 2.94. The molecule has 1 fully saturated rings. The van der Waals surface area contributed by atoms with Gasteiger partial charge in [-0.15, -0.1) is 0 Å². The molecule has 1 aromatic carbocycles. The molecule has 1 aliphatic heterocycles. The van der Waals surface area contributed by atoms with E-state index in [4.69, 9.17) is 14.6 Å². The molecular weight excluding hydrogens is 314 g/mol. The SMILES string of the molecule is CN1CCOC(COc2cc(C(=O)O)ccc2Br)C1. The van der Waals surface area contributed by atoms with Crippen LogP contribution in [0, 0.1) is 0 Å². The number of hydrogen-bond donors (Lipinski definition) is 1. The van der Waals surface area contributed by atoms with E-state index < -0.39 is 5.97 Å². The Morgan fingerprint density at radius 2 is 2.42 bits per heavy atom. The smallest absolute Gasteiger partial charge is 0.335 e. The highest BCUT2D eigenvalue weighted by atomic mass is 79.9. The number of carboxylic acid groups (broad SMARTS) is 1. The van der Waals surface area contributed by atoms with Crippen LogP contribution in [0.15, 0.2) is 22.7 Å². The quantitative estimate of drug-likeness (QED) is 0.913. The van der Waals surface area contributed by atoms with E-state index in [9.17, 15) is 4.79 Å². The number of carboxylic acids is 1. The largest absolute Gasteiger partial charge is 0.490 e. The molecule has 0 aromatic heterocycles. The first-order valence-electron chi connectivity index (χ1n) is 6.02. The maximum absolute atomic E-state index is 10.9. The van der Waals surface area contributed by atoms with Gasteiger partial charge in [0.15, 0.2) is 0 Å². The Morgan fingerprint density at radius 3 is 3.11 bits per heavy atom. The van der Waals surface area contributed by atoms with Crippen LogP contribution in [0.25, 0.3) is 0 Å². The first-order chi connectivity index (χ1) is 9.06. The maximum Gasteiger partial charge on any atom is 0.335 e. The summed E-state index contributed by atoms with van der Waals surface area (Å²) in [5.41, 5.74) is 0.208. The van der Waals surface area contributed by atoms with Crippen molar-refractivity contribution in [3.8, 4) is 5.75 Å². The van der Waals surface area contributed by atoms with Crippen LogP contribution in [0.4, 0.5) is 0 Å². The highest BCUT2D eigenvalue weighted by Gasteiger charge is 2.19. The summed E-state index contributed by atoms with van der Waals surface area (Å²) in [6.45, 7) is 2.85. The molecule has 0 aliphatic carbocycles. The van der Waals surface area contributed by atoms with Crippen molar-refractivity contribution in [1.29, 1.82) is 0 Å². The topological polar surface area (TPSA) is 59.0 Å². The fourth-order valence-corrected chi connectivity index (χ4v) is 2.26. The van der Waals surface area contributed by atoms with Gasteiger partial charge in [-0.25, -0.2) is 4.79 Å². The zero-order valence-corrected chi connectivity index (χ0v) is 12.2. The van der Waals surface area contributed by atoms with E-state index in [-0.39, 0.29) is 11.7 Å². The Bertz CT molecular complexity index is 466. The van der Waals surface area contributed by atoms with Crippen molar-refractivity contribution < 1.29 is 19.4 Å². The molecule has 5 nitrogen and oxygen atoms in total.